The van der Waals surface area contributed by atoms with Gasteiger partial charge in [-0.1, -0.05) is 39.7 Å². The van der Waals surface area contributed by atoms with Crippen LogP contribution in [0.25, 0.3) is 10.8 Å². The Kier molecular flexibility index (Phi) is 4.29. The summed E-state index contributed by atoms with van der Waals surface area (Å²) >= 11 is 10.8. The average molecular weight is 381 g/mol. The van der Waals surface area contributed by atoms with E-state index in [4.69, 9.17) is 11.6 Å². The molecule has 3 rings (SSSR count). The van der Waals surface area contributed by atoms with E-state index in [-0.39, 0.29) is 5.91 Å². The third-order valence-corrected chi connectivity index (χ3v) is 4.84. The fourth-order valence-corrected chi connectivity index (χ4v) is 3.48. The number of fused-ring (bicyclic) bond motifs is 1. The first kappa shape index (κ1) is 14.6. The molecular weight excluding hydrogens is 370 g/mol. The summed E-state index contributed by atoms with van der Waals surface area (Å²) < 4.78 is 1.76. The summed E-state index contributed by atoms with van der Waals surface area (Å²) in [6, 6.07) is 15.4. The lowest BCUT2D eigenvalue weighted by molar-refractivity contribution is 0.0951. The number of rotatable bonds is 3. The van der Waals surface area contributed by atoms with Crippen molar-refractivity contribution in [3.8, 4) is 0 Å². The van der Waals surface area contributed by atoms with Gasteiger partial charge in [0.15, 0.2) is 0 Å². The van der Waals surface area contributed by atoms with Crippen LogP contribution < -0.4 is 5.32 Å². The van der Waals surface area contributed by atoms with E-state index in [0.29, 0.717) is 12.1 Å². The van der Waals surface area contributed by atoms with Crippen molar-refractivity contribution >= 4 is 55.5 Å². The van der Waals surface area contributed by atoms with E-state index >= 15 is 0 Å². The number of hydrogen-bond acceptors (Lipinski definition) is 2. The van der Waals surface area contributed by atoms with E-state index in [1.165, 1.54) is 11.3 Å². The minimum absolute atomic E-state index is 0.0793. The van der Waals surface area contributed by atoms with Gasteiger partial charge in [0.2, 0.25) is 0 Å². The van der Waals surface area contributed by atoms with Gasteiger partial charge in [-0.05, 0) is 47.2 Å². The molecule has 0 aliphatic rings. The number of halogens is 2. The molecule has 1 aromatic heterocycles. The van der Waals surface area contributed by atoms with Gasteiger partial charge in [-0.15, -0.1) is 11.3 Å². The highest BCUT2D eigenvalue weighted by Crippen LogP contribution is 2.22. The maximum atomic E-state index is 12.2. The zero-order chi connectivity index (χ0) is 14.8. The first-order valence-corrected chi connectivity index (χ1v) is 8.32. The Morgan fingerprint density at radius 2 is 1.86 bits per heavy atom. The average Bonchev–Trinajstić information content (AvgIpc) is 2.90. The predicted octanol–water partition coefficient (Wildman–Crippen LogP) is 5.25. The number of carbonyl (C=O) groups excluding carboxylic acids is 1. The van der Waals surface area contributed by atoms with Gasteiger partial charge in [0.25, 0.3) is 5.91 Å². The van der Waals surface area contributed by atoms with Crippen LogP contribution in [-0.2, 0) is 6.54 Å². The number of thiophene rings is 1. The van der Waals surface area contributed by atoms with Crippen molar-refractivity contribution in [2.24, 2.45) is 0 Å². The second-order valence-corrected chi connectivity index (χ2v) is 7.31. The molecule has 0 spiro atoms. The molecule has 1 heterocycles. The summed E-state index contributed by atoms with van der Waals surface area (Å²) in [5, 5.41) is 5.06. The molecular formula is C16H11BrClNOS. The highest BCUT2D eigenvalue weighted by molar-refractivity contribution is 9.10. The van der Waals surface area contributed by atoms with Gasteiger partial charge < -0.3 is 5.32 Å². The van der Waals surface area contributed by atoms with Crippen molar-refractivity contribution in [2.45, 2.75) is 6.54 Å². The number of hydrogen-bond donors (Lipinski definition) is 1. The minimum atomic E-state index is -0.0793. The van der Waals surface area contributed by atoms with Gasteiger partial charge in [0.1, 0.15) is 0 Å². The van der Waals surface area contributed by atoms with Crippen LogP contribution >= 0.6 is 38.9 Å². The third-order valence-electron chi connectivity index (χ3n) is 3.12. The summed E-state index contributed by atoms with van der Waals surface area (Å²) in [6.45, 7) is 0.495. The number of benzene rings is 2. The molecule has 1 N–H and O–H groups in total. The zero-order valence-electron chi connectivity index (χ0n) is 10.9. The van der Waals surface area contributed by atoms with E-state index in [0.717, 1.165) is 24.5 Å². The van der Waals surface area contributed by atoms with Crippen LogP contribution in [0, 0.1) is 0 Å². The normalized spacial score (nSPS) is 10.8. The smallest absolute Gasteiger partial charge is 0.251 e. The molecule has 2 nitrogen and oxygen atoms in total. The summed E-state index contributed by atoms with van der Waals surface area (Å²) in [4.78, 5) is 13.2. The Labute approximate surface area is 139 Å². The van der Waals surface area contributed by atoms with Crippen molar-refractivity contribution in [3.05, 3.63) is 67.8 Å². The molecule has 0 saturated heterocycles. The Bertz CT molecular complexity index is 815. The first-order chi connectivity index (χ1) is 10.1. The molecule has 3 aromatic rings. The molecule has 1 amide bonds. The Balaban J connectivity index is 1.76. The molecule has 2 aromatic carbocycles. The van der Waals surface area contributed by atoms with Gasteiger partial charge in [-0.3, -0.25) is 4.79 Å². The third kappa shape index (κ3) is 3.46. The van der Waals surface area contributed by atoms with E-state index < -0.39 is 0 Å². The fourth-order valence-electron chi connectivity index (χ4n) is 2.07. The molecule has 21 heavy (non-hydrogen) atoms. The monoisotopic (exact) mass is 379 g/mol. The summed E-state index contributed by atoms with van der Waals surface area (Å²) in [6.07, 6.45) is 0. The summed E-state index contributed by atoms with van der Waals surface area (Å²) in [5.74, 6) is -0.0793. The molecule has 0 atom stereocenters. The van der Waals surface area contributed by atoms with Crippen LogP contribution in [0.4, 0.5) is 0 Å². The van der Waals surface area contributed by atoms with Crippen LogP contribution in [0.2, 0.25) is 4.34 Å². The van der Waals surface area contributed by atoms with Gasteiger partial charge >= 0.3 is 0 Å². The van der Waals surface area contributed by atoms with E-state index in [2.05, 4.69) is 21.2 Å². The van der Waals surface area contributed by atoms with Crippen LogP contribution in [0.1, 0.15) is 15.2 Å². The minimum Gasteiger partial charge on any atom is -0.347 e. The highest BCUT2D eigenvalue weighted by Gasteiger charge is 2.07. The molecule has 0 unspecified atom stereocenters. The van der Waals surface area contributed by atoms with E-state index in [9.17, 15) is 4.79 Å². The Morgan fingerprint density at radius 1 is 1.10 bits per heavy atom. The van der Waals surface area contributed by atoms with Crippen LogP contribution in [0.5, 0.6) is 0 Å². The SMILES string of the molecule is O=C(NCc1ccc(Cl)s1)c1ccc2cc(Br)ccc2c1. The first-order valence-electron chi connectivity index (χ1n) is 6.33. The number of carbonyl (C=O) groups is 1. The zero-order valence-corrected chi connectivity index (χ0v) is 14.1. The lowest BCUT2D eigenvalue weighted by Gasteiger charge is -2.05. The van der Waals surface area contributed by atoms with Gasteiger partial charge in [0, 0.05) is 14.9 Å². The lowest BCUT2D eigenvalue weighted by Crippen LogP contribution is -2.22. The van der Waals surface area contributed by atoms with Crippen molar-refractivity contribution in [1.82, 2.24) is 5.32 Å². The molecule has 0 saturated carbocycles. The summed E-state index contributed by atoms with van der Waals surface area (Å²) in [5.41, 5.74) is 0.660. The predicted molar refractivity (Wildman–Crippen MR) is 92.1 cm³/mol. The maximum absolute atomic E-state index is 12.2. The molecule has 0 fully saturated rings. The number of amides is 1. The Hall–Kier alpha value is -1.36. The second-order valence-electron chi connectivity index (χ2n) is 4.59. The number of nitrogens with one attached hydrogen (secondary N) is 1. The Morgan fingerprint density at radius 3 is 2.62 bits per heavy atom. The fraction of sp³-hybridized carbons (Fsp3) is 0.0625. The van der Waals surface area contributed by atoms with Crippen molar-refractivity contribution in [1.29, 1.82) is 0 Å². The standard InChI is InChI=1S/C16H11BrClNOS/c17-13-4-3-10-7-12(2-1-11(10)8-13)16(20)19-9-14-5-6-15(18)21-14/h1-8H,9H2,(H,19,20). The molecule has 5 heteroatoms. The molecule has 0 aliphatic heterocycles. The van der Waals surface area contributed by atoms with Gasteiger partial charge in [0.05, 0.1) is 10.9 Å². The van der Waals surface area contributed by atoms with Crippen molar-refractivity contribution in [3.63, 3.8) is 0 Å². The lowest BCUT2D eigenvalue weighted by atomic mass is 10.1. The van der Waals surface area contributed by atoms with Crippen LogP contribution in [-0.4, -0.2) is 5.91 Å². The van der Waals surface area contributed by atoms with E-state index in [1.807, 2.05) is 48.5 Å². The van der Waals surface area contributed by atoms with Crippen molar-refractivity contribution in [2.75, 3.05) is 0 Å². The largest absolute Gasteiger partial charge is 0.347 e. The van der Waals surface area contributed by atoms with Gasteiger partial charge in [-0.25, -0.2) is 0 Å². The molecule has 0 aliphatic carbocycles. The van der Waals surface area contributed by atoms with Crippen molar-refractivity contribution < 1.29 is 4.79 Å². The topological polar surface area (TPSA) is 29.1 Å². The van der Waals surface area contributed by atoms with E-state index in [1.54, 1.807) is 0 Å². The summed E-state index contributed by atoms with van der Waals surface area (Å²) in [7, 11) is 0. The van der Waals surface area contributed by atoms with Crippen LogP contribution in [0.3, 0.4) is 0 Å². The highest BCUT2D eigenvalue weighted by atomic mass is 79.9. The molecule has 0 bridgehead atoms. The van der Waals surface area contributed by atoms with Gasteiger partial charge in [-0.2, -0.15) is 0 Å². The maximum Gasteiger partial charge on any atom is 0.251 e. The molecule has 106 valence electrons. The quantitative estimate of drug-likeness (QED) is 0.661. The molecule has 0 radical (unpaired) electrons. The van der Waals surface area contributed by atoms with Crippen LogP contribution in [0.15, 0.2) is 53.0 Å². The second kappa shape index (κ2) is 6.18.